The van der Waals surface area contributed by atoms with Crippen molar-refractivity contribution in [3.05, 3.63) is 42.0 Å². The number of rotatable bonds is 4. The highest BCUT2D eigenvalue weighted by atomic mass is 16.5. The van der Waals surface area contributed by atoms with Crippen LogP contribution in [-0.4, -0.2) is 23.3 Å². The van der Waals surface area contributed by atoms with Gasteiger partial charge in [0.15, 0.2) is 0 Å². The average Bonchev–Trinajstić information content (AvgIpc) is 2.51. The molecule has 0 spiro atoms. The molecule has 112 valence electrons. The van der Waals surface area contributed by atoms with Crippen LogP contribution in [-0.2, 0) is 4.79 Å². The van der Waals surface area contributed by atoms with Crippen molar-refractivity contribution in [2.24, 2.45) is 5.41 Å². The lowest BCUT2D eigenvalue weighted by Crippen LogP contribution is -2.39. The molecule has 0 aliphatic heterocycles. The van der Waals surface area contributed by atoms with Gasteiger partial charge >= 0.3 is 0 Å². The van der Waals surface area contributed by atoms with Crippen LogP contribution >= 0.6 is 0 Å². The first-order valence-electron chi connectivity index (χ1n) is 6.60. The Labute approximate surface area is 123 Å². The lowest BCUT2D eigenvalue weighted by Gasteiger charge is -2.28. The Balaban J connectivity index is 2.41. The van der Waals surface area contributed by atoms with Crippen molar-refractivity contribution in [2.75, 3.05) is 7.11 Å². The maximum Gasteiger partial charge on any atom is 0.251 e. The van der Waals surface area contributed by atoms with Crippen LogP contribution in [0.15, 0.2) is 36.4 Å². The summed E-state index contributed by atoms with van der Waals surface area (Å²) in [5, 5.41) is 21.1. The Morgan fingerprint density at radius 1 is 1.19 bits per heavy atom. The van der Waals surface area contributed by atoms with Gasteiger partial charge in [0.25, 0.3) is 5.91 Å². The predicted octanol–water partition coefficient (Wildman–Crippen LogP) is 2.41. The second-order valence-corrected chi connectivity index (χ2v) is 5.54. The number of hydrogen-bond acceptors (Lipinski definition) is 4. The monoisotopic (exact) mass is 289 g/mol. The Kier molecular flexibility index (Phi) is 4.16. The SMILES string of the molecule is COc1ccc2cc(C(O)C(C)(C)C(=O)NO)ccc2c1. The molecule has 3 N–H and O–H groups in total. The number of nitrogens with one attached hydrogen (secondary N) is 1. The molecular weight excluding hydrogens is 270 g/mol. The highest BCUT2D eigenvalue weighted by molar-refractivity contribution is 5.85. The molecule has 1 atom stereocenters. The molecule has 0 saturated carbocycles. The number of carbonyl (C=O) groups is 1. The van der Waals surface area contributed by atoms with Crippen molar-refractivity contribution < 1.29 is 19.8 Å². The highest BCUT2D eigenvalue weighted by Crippen LogP contribution is 2.35. The lowest BCUT2D eigenvalue weighted by atomic mass is 9.81. The minimum Gasteiger partial charge on any atom is -0.497 e. The molecule has 5 nitrogen and oxygen atoms in total. The molecule has 1 amide bonds. The molecule has 2 rings (SSSR count). The average molecular weight is 289 g/mol. The summed E-state index contributed by atoms with van der Waals surface area (Å²) in [6, 6.07) is 11.1. The van der Waals surface area contributed by atoms with Crippen LogP contribution in [0.1, 0.15) is 25.5 Å². The van der Waals surface area contributed by atoms with Gasteiger partial charge in [-0.05, 0) is 48.4 Å². The van der Waals surface area contributed by atoms with Crippen LogP contribution in [0.25, 0.3) is 10.8 Å². The third kappa shape index (κ3) is 2.84. The summed E-state index contributed by atoms with van der Waals surface area (Å²) < 4.78 is 5.17. The van der Waals surface area contributed by atoms with Gasteiger partial charge in [-0.2, -0.15) is 0 Å². The van der Waals surface area contributed by atoms with E-state index in [1.54, 1.807) is 32.5 Å². The molecule has 2 aromatic carbocycles. The fraction of sp³-hybridized carbons (Fsp3) is 0.312. The first-order valence-corrected chi connectivity index (χ1v) is 6.60. The molecule has 0 aliphatic rings. The van der Waals surface area contributed by atoms with Gasteiger partial charge in [-0.3, -0.25) is 10.0 Å². The van der Waals surface area contributed by atoms with E-state index in [0.717, 1.165) is 16.5 Å². The minimum atomic E-state index is -1.14. The molecule has 2 aromatic rings. The molecule has 21 heavy (non-hydrogen) atoms. The molecule has 0 saturated heterocycles. The second-order valence-electron chi connectivity index (χ2n) is 5.54. The normalized spacial score (nSPS) is 13.0. The molecule has 0 bridgehead atoms. The van der Waals surface area contributed by atoms with E-state index in [0.29, 0.717) is 5.56 Å². The molecule has 0 heterocycles. The largest absolute Gasteiger partial charge is 0.497 e. The zero-order valence-electron chi connectivity index (χ0n) is 12.3. The van der Waals surface area contributed by atoms with E-state index < -0.39 is 17.4 Å². The zero-order valence-corrected chi connectivity index (χ0v) is 12.3. The molecule has 1 unspecified atom stereocenters. The Morgan fingerprint density at radius 3 is 2.43 bits per heavy atom. The number of amides is 1. The standard InChI is InChI=1S/C16H19NO4/c1-16(2,15(19)17-20)14(18)12-5-4-11-9-13(21-3)7-6-10(11)8-12/h4-9,14,18,20H,1-3H3,(H,17,19). The third-order valence-electron chi connectivity index (χ3n) is 3.76. The van der Waals surface area contributed by atoms with Crippen LogP contribution in [0.5, 0.6) is 5.75 Å². The molecule has 0 aliphatic carbocycles. The fourth-order valence-corrected chi connectivity index (χ4v) is 2.22. The number of methoxy groups -OCH3 is 1. The maximum atomic E-state index is 11.7. The highest BCUT2D eigenvalue weighted by Gasteiger charge is 2.36. The zero-order chi connectivity index (χ0) is 15.6. The molecular formula is C16H19NO4. The van der Waals surface area contributed by atoms with Gasteiger partial charge in [0.05, 0.1) is 18.6 Å². The summed E-state index contributed by atoms with van der Waals surface area (Å²) >= 11 is 0. The topological polar surface area (TPSA) is 78.8 Å². The van der Waals surface area contributed by atoms with Gasteiger partial charge in [-0.25, -0.2) is 5.48 Å². The number of aliphatic hydroxyl groups is 1. The quantitative estimate of drug-likeness (QED) is 0.596. The molecule has 0 fully saturated rings. The van der Waals surface area contributed by atoms with Crippen LogP contribution in [0.2, 0.25) is 0 Å². The number of hydroxylamine groups is 1. The van der Waals surface area contributed by atoms with Gasteiger partial charge in [0.2, 0.25) is 0 Å². The smallest absolute Gasteiger partial charge is 0.251 e. The van der Waals surface area contributed by atoms with Gasteiger partial charge in [0.1, 0.15) is 5.75 Å². The second kappa shape index (κ2) is 5.71. The van der Waals surface area contributed by atoms with Crippen molar-refractivity contribution in [1.29, 1.82) is 0 Å². The molecule has 0 radical (unpaired) electrons. The van der Waals surface area contributed by atoms with E-state index in [9.17, 15) is 9.90 Å². The lowest BCUT2D eigenvalue weighted by molar-refractivity contribution is -0.144. The third-order valence-corrected chi connectivity index (χ3v) is 3.76. The summed E-state index contributed by atoms with van der Waals surface area (Å²) in [4.78, 5) is 11.7. The fourth-order valence-electron chi connectivity index (χ4n) is 2.22. The Morgan fingerprint density at radius 2 is 1.81 bits per heavy atom. The van der Waals surface area contributed by atoms with Gasteiger partial charge in [-0.15, -0.1) is 0 Å². The van der Waals surface area contributed by atoms with E-state index >= 15 is 0 Å². The number of carbonyl (C=O) groups excluding carboxylic acids is 1. The first-order chi connectivity index (χ1) is 9.90. The van der Waals surface area contributed by atoms with Crippen molar-refractivity contribution in [3.8, 4) is 5.75 Å². The number of aliphatic hydroxyl groups excluding tert-OH is 1. The number of hydrogen-bond donors (Lipinski definition) is 3. The summed E-state index contributed by atoms with van der Waals surface area (Å²) in [5.41, 5.74) is 1.06. The van der Waals surface area contributed by atoms with Crippen LogP contribution in [0.3, 0.4) is 0 Å². The van der Waals surface area contributed by atoms with Gasteiger partial charge in [0, 0.05) is 0 Å². The minimum absolute atomic E-state index is 0.612. The Bertz CT molecular complexity index is 666. The van der Waals surface area contributed by atoms with E-state index in [1.807, 2.05) is 30.3 Å². The van der Waals surface area contributed by atoms with Crippen molar-refractivity contribution >= 4 is 16.7 Å². The molecule has 0 aromatic heterocycles. The number of ether oxygens (including phenoxy) is 1. The first kappa shape index (κ1) is 15.3. The van der Waals surface area contributed by atoms with Crippen molar-refractivity contribution in [1.82, 2.24) is 5.48 Å². The van der Waals surface area contributed by atoms with Crippen molar-refractivity contribution in [2.45, 2.75) is 20.0 Å². The van der Waals surface area contributed by atoms with Crippen molar-refractivity contribution in [3.63, 3.8) is 0 Å². The van der Waals surface area contributed by atoms with E-state index in [-0.39, 0.29) is 0 Å². The van der Waals surface area contributed by atoms with Crippen LogP contribution in [0.4, 0.5) is 0 Å². The summed E-state index contributed by atoms with van der Waals surface area (Å²) in [6.07, 6.45) is -1.03. The summed E-state index contributed by atoms with van der Waals surface area (Å²) in [5.74, 6) is 0.126. The van der Waals surface area contributed by atoms with Crippen LogP contribution < -0.4 is 10.2 Å². The maximum absolute atomic E-state index is 11.7. The summed E-state index contributed by atoms with van der Waals surface area (Å²) in [7, 11) is 1.61. The van der Waals surface area contributed by atoms with Gasteiger partial charge in [-0.1, -0.05) is 18.2 Å². The van der Waals surface area contributed by atoms with E-state index in [2.05, 4.69) is 0 Å². The van der Waals surface area contributed by atoms with E-state index in [4.69, 9.17) is 9.94 Å². The van der Waals surface area contributed by atoms with Crippen LogP contribution in [0, 0.1) is 5.41 Å². The Hall–Kier alpha value is -2.11. The van der Waals surface area contributed by atoms with Gasteiger partial charge < -0.3 is 9.84 Å². The number of benzene rings is 2. The van der Waals surface area contributed by atoms with E-state index in [1.165, 1.54) is 0 Å². The number of fused-ring (bicyclic) bond motifs is 1. The molecule has 5 heteroatoms. The summed E-state index contributed by atoms with van der Waals surface area (Å²) in [6.45, 7) is 3.14. The predicted molar refractivity (Wildman–Crippen MR) is 79.2 cm³/mol.